The molecular weight excluding hydrogens is 325 g/mol. The fraction of sp³-hybridized carbons (Fsp3) is 0.188. The van der Waals surface area contributed by atoms with Crippen LogP contribution < -0.4 is 14.8 Å². The number of carbonyl (C=O) groups excluding carboxylic acids is 1. The Morgan fingerprint density at radius 1 is 0.955 bits per heavy atom. The first-order valence-electron chi connectivity index (χ1n) is 6.67. The standard InChI is InChI=1S/C16H15Cl2NO3/c17-14-7-6-13(10-15(14)18)21-9-8-19-16(20)11-22-12-4-2-1-3-5-12/h1-7,10H,8-9,11H2,(H,19,20). The highest BCUT2D eigenvalue weighted by Gasteiger charge is 2.03. The second-order valence-corrected chi connectivity index (χ2v) is 5.19. The van der Waals surface area contributed by atoms with Crippen molar-refractivity contribution in [3.63, 3.8) is 0 Å². The molecule has 0 aliphatic heterocycles. The lowest BCUT2D eigenvalue weighted by molar-refractivity contribution is -0.123. The van der Waals surface area contributed by atoms with E-state index < -0.39 is 0 Å². The molecule has 0 aromatic heterocycles. The Hall–Kier alpha value is -1.91. The van der Waals surface area contributed by atoms with E-state index in [-0.39, 0.29) is 12.5 Å². The normalized spacial score (nSPS) is 10.1. The predicted octanol–water partition coefficient (Wildman–Crippen LogP) is 3.57. The molecule has 0 radical (unpaired) electrons. The van der Waals surface area contributed by atoms with E-state index in [9.17, 15) is 4.79 Å². The van der Waals surface area contributed by atoms with Gasteiger partial charge in [0, 0.05) is 6.07 Å². The van der Waals surface area contributed by atoms with Crippen LogP contribution in [-0.4, -0.2) is 25.7 Å². The Kier molecular flexibility index (Phi) is 6.37. The van der Waals surface area contributed by atoms with Crippen molar-refractivity contribution in [1.29, 1.82) is 0 Å². The Balaban J connectivity index is 1.63. The molecule has 0 heterocycles. The van der Waals surface area contributed by atoms with Crippen LogP contribution in [0.4, 0.5) is 0 Å². The van der Waals surface area contributed by atoms with Crippen LogP contribution in [0.15, 0.2) is 48.5 Å². The zero-order valence-electron chi connectivity index (χ0n) is 11.7. The van der Waals surface area contributed by atoms with Crippen molar-refractivity contribution in [2.45, 2.75) is 0 Å². The van der Waals surface area contributed by atoms with Crippen molar-refractivity contribution in [3.8, 4) is 11.5 Å². The predicted molar refractivity (Wildman–Crippen MR) is 86.9 cm³/mol. The summed E-state index contributed by atoms with van der Waals surface area (Å²) in [5, 5.41) is 3.60. The van der Waals surface area contributed by atoms with Crippen molar-refractivity contribution in [2.75, 3.05) is 19.8 Å². The average molecular weight is 340 g/mol. The van der Waals surface area contributed by atoms with Gasteiger partial charge in [-0.1, -0.05) is 41.4 Å². The van der Waals surface area contributed by atoms with Crippen LogP contribution in [0, 0.1) is 0 Å². The molecule has 6 heteroatoms. The van der Waals surface area contributed by atoms with Gasteiger partial charge in [0.15, 0.2) is 6.61 Å². The Morgan fingerprint density at radius 2 is 1.73 bits per heavy atom. The van der Waals surface area contributed by atoms with Crippen molar-refractivity contribution < 1.29 is 14.3 Å². The molecule has 2 rings (SSSR count). The van der Waals surface area contributed by atoms with E-state index in [1.54, 1.807) is 30.3 Å². The molecule has 0 fully saturated rings. The maximum absolute atomic E-state index is 11.6. The summed E-state index contributed by atoms with van der Waals surface area (Å²) in [6, 6.07) is 14.2. The Bertz CT molecular complexity index is 620. The number of halogens is 2. The largest absolute Gasteiger partial charge is 0.492 e. The van der Waals surface area contributed by atoms with Crippen LogP contribution in [0.2, 0.25) is 10.0 Å². The smallest absolute Gasteiger partial charge is 0.258 e. The van der Waals surface area contributed by atoms with Crippen LogP contribution in [0.3, 0.4) is 0 Å². The number of rotatable bonds is 7. The highest BCUT2D eigenvalue weighted by atomic mass is 35.5. The maximum atomic E-state index is 11.6. The van der Waals surface area contributed by atoms with Gasteiger partial charge in [-0.05, 0) is 24.3 Å². The molecule has 116 valence electrons. The molecule has 0 unspecified atom stereocenters. The summed E-state index contributed by atoms with van der Waals surface area (Å²) in [4.78, 5) is 11.6. The average Bonchev–Trinajstić information content (AvgIpc) is 2.54. The number of hydrogen-bond acceptors (Lipinski definition) is 3. The molecule has 2 aromatic rings. The molecule has 0 atom stereocenters. The van der Waals surface area contributed by atoms with Crippen molar-refractivity contribution in [1.82, 2.24) is 5.32 Å². The van der Waals surface area contributed by atoms with E-state index in [1.807, 2.05) is 18.2 Å². The van der Waals surface area contributed by atoms with Crippen LogP contribution in [-0.2, 0) is 4.79 Å². The molecule has 4 nitrogen and oxygen atoms in total. The van der Waals surface area contributed by atoms with Gasteiger partial charge in [-0.3, -0.25) is 4.79 Å². The van der Waals surface area contributed by atoms with E-state index in [0.29, 0.717) is 34.7 Å². The lowest BCUT2D eigenvalue weighted by atomic mass is 10.3. The van der Waals surface area contributed by atoms with Crippen LogP contribution >= 0.6 is 23.2 Å². The van der Waals surface area contributed by atoms with Crippen LogP contribution in [0.5, 0.6) is 11.5 Å². The van der Waals surface area contributed by atoms with Gasteiger partial charge < -0.3 is 14.8 Å². The maximum Gasteiger partial charge on any atom is 0.258 e. The van der Waals surface area contributed by atoms with Crippen molar-refractivity contribution in [2.24, 2.45) is 0 Å². The lowest BCUT2D eigenvalue weighted by Gasteiger charge is -2.09. The molecule has 1 amide bonds. The lowest BCUT2D eigenvalue weighted by Crippen LogP contribution is -2.32. The summed E-state index contributed by atoms with van der Waals surface area (Å²) in [5.74, 6) is 1.05. The third kappa shape index (κ3) is 5.47. The van der Waals surface area contributed by atoms with Gasteiger partial charge in [0.2, 0.25) is 0 Å². The quantitative estimate of drug-likeness (QED) is 0.784. The molecule has 0 saturated carbocycles. The van der Waals surface area contributed by atoms with Gasteiger partial charge in [-0.2, -0.15) is 0 Å². The topological polar surface area (TPSA) is 47.6 Å². The number of benzene rings is 2. The van der Waals surface area contributed by atoms with Crippen molar-refractivity contribution in [3.05, 3.63) is 58.6 Å². The minimum Gasteiger partial charge on any atom is -0.492 e. The van der Waals surface area contributed by atoms with Crippen molar-refractivity contribution >= 4 is 29.1 Å². The van der Waals surface area contributed by atoms with Gasteiger partial charge >= 0.3 is 0 Å². The van der Waals surface area contributed by atoms with E-state index in [4.69, 9.17) is 32.7 Å². The molecule has 2 aromatic carbocycles. The van der Waals surface area contributed by atoms with Gasteiger partial charge in [0.25, 0.3) is 5.91 Å². The van der Waals surface area contributed by atoms with E-state index >= 15 is 0 Å². The first kappa shape index (κ1) is 16.5. The fourth-order valence-electron chi connectivity index (χ4n) is 1.64. The monoisotopic (exact) mass is 339 g/mol. The summed E-state index contributed by atoms with van der Waals surface area (Å²) in [5.41, 5.74) is 0. The third-order valence-electron chi connectivity index (χ3n) is 2.70. The second kappa shape index (κ2) is 8.51. The van der Waals surface area contributed by atoms with Gasteiger partial charge in [-0.15, -0.1) is 0 Å². The van der Waals surface area contributed by atoms with Crippen LogP contribution in [0.25, 0.3) is 0 Å². The molecular formula is C16H15Cl2NO3. The second-order valence-electron chi connectivity index (χ2n) is 4.38. The molecule has 0 saturated heterocycles. The molecule has 1 N–H and O–H groups in total. The number of nitrogens with one attached hydrogen (secondary N) is 1. The molecule has 0 aliphatic rings. The van der Waals surface area contributed by atoms with Gasteiger partial charge in [0.05, 0.1) is 16.6 Å². The molecule has 0 spiro atoms. The fourth-order valence-corrected chi connectivity index (χ4v) is 1.93. The number of amides is 1. The first-order chi connectivity index (χ1) is 10.6. The number of ether oxygens (including phenoxy) is 2. The highest BCUT2D eigenvalue weighted by Crippen LogP contribution is 2.26. The van der Waals surface area contributed by atoms with E-state index in [0.717, 1.165) is 0 Å². The summed E-state index contributed by atoms with van der Waals surface area (Å²) >= 11 is 11.7. The number of carbonyl (C=O) groups is 1. The molecule has 22 heavy (non-hydrogen) atoms. The molecule has 0 bridgehead atoms. The number of para-hydroxylation sites is 1. The minimum atomic E-state index is -0.207. The van der Waals surface area contributed by atoms with Gasteiger partial charge in [-0.25, -0.2) is 0 Å². The highest BCUT2D eigenvalue weighted by molar-refractivity contribution is 6.42. The Morgan fingerprint density at radius 3 is 2.45 bits per heavy atom. The minimum absolute atomic E-state index is 0.0310. The summed E-state index contributed by atoms with van der Waals surface area (Å²) in [7, 11) is 0. The first-order valence-corrected chi connectivity index (χ1v) is 7.43. The van der Waals surface area contributed by atoms with E-state index in [1.165, 1.54) is 0 Å². The SMILES string of the molecule is O=C(COc1ccccc1)NCCOc1ccc(Cl)c(Cl)c1. The van der Waals surface area contributed by atoms with E-state index in [2.05, 4.69) is 5.32 Å². The summed E-state index contributed by atoms with van der Waals surface area (Å²) < 4.78 is 10.8. The zero-order chi connectivity index (χ0) is 15.8. The summed E-state index contributed by atoms with van der Waals surface area (Å²) in [6.07, 6.45) is 0. The van der Waals surface area contributed by atoms with Gasteiger partial charge in [0.1, 0.15) is 18.1 Å². The Labute approximate surface area is 138 Å². The molecule has 0 aliphatic carbocycles. The zero-order valence-corrected chi connectivity index (χ0v) is 13.2. The summed E-state index contributed by atoms with van der Waals surface area (Å²) in [6.45, 7) is 0.670. The third-order valence-corrected chi connectivity index (χ3v) is 3.44. The number of hydrogen-bond donors (Lipinski definition) is 1. The van der Waals surface area contributed by atoms with Crippen LogP contribution in [0.1, 0.15) is 0 Å².